The van der Waals surface area contributed by atoms with Gasteiger partial charge in [-0.25, -0.2) is 19.1 Å². The zero-order chi connectivity index (χ0) is 30.2. The fourth-order valence-electron chi connectivity index (χ4n) is 5.24. The van der Waals surface area contributed by atoms with E-state index in [-0.39, 0.29) is 30.1 Å². The molecule has 3 atom stereocenters. The maximum absolute atomic E-state index is 13.2. The van der Waals surface area contributed by atoms with Crippen molar-refractivity contribution >= 4 is 17.5 Å². The molecular formula is C28H29ClF3N7O3. The minimum absolute atomic E-state index is 0.0598. The molecule has 2 N–H and O–H groups in total. The summed E-state index contributed by atoms with van der Waals surface area (Å²) in [6.07, 6.45) is -4.24. The molecule has 222 valence electrons. The summed E-state index contributed by atoms with van der Waals surface area (Å²) in [5.74, 6) is 0.536. The lowest BCUT2D eigenvalue weighted by Crippen LogP contribution is -2.40. The number of hydrogen-bond acceptors (Lipinski definition) is 6. The summed E-state index contributed by atoms with van der Waals surface area (Å²) in [6, 6.07) is 13.0. The molecule has 1 aliphatic carbocycles. The van der Waals surface area contributed by atoms with E-state index in [1.165, 1.54) is 35.3 Å². The Bertz CT molecular complexity index is 1620. The van der Waals surface area contributed by atoms with Gasteiger partial charge in [0.15, 0.2) is 17.8 Å². The average molecular weight is 604 g/mol. The highest BCUT2D eigenvalue weighted by Gasteiger charge is 2.39. The molecule has 2 aromatic heterocycles. The first-order valence-electron chi connectivity index (χ1n) is 13.4. The van der Waals surface area contributed by atoms with Gasteiger partial charge in [-0.2, -0.15) is 13.2 Å². The first kappa shape index (κ1) is 29.5. The highest BCUT2D eigenvalue weighted by molar-refractivity contribution is 6.30. The second-order valence-electron chi connectivity index (χ2n) is 10.6. The summed E-state index contributed by atoms with van der Waals surface area (Å²) in [7, 11) is 0. The maximum atomic E-state index is 13.2. The van der Waals surface area contributed by atoms with E-state index >= 15 is 0 Å². The predicted molar refractivity (Wildman–Crippen MR) is 148 cm³/mol. The van der Waals surface area contributed by atoms with Gasteiger partial charge < -0.3 is 10.4 Å². The van der Waals surface area contributed by atoms with Crippen molar-refractivity contribution in [2.75, 3.05) is 0 Å². The van der Waals surface area contributed by atoms with Crippen LogP contribution in [0.4, 0.5) is 13.2 Å². The van der Waals surface area contributed by atoms with Gasteiger partial charge in [0.1, 0.15) is 12.9 Å². The Morgan fingerprint density at radius 1 is 1.10 bits per heavy atom. The number of aromatic nitrogens is 6. The molecule has 0 aliphatic heterocycles. The number of benzene rings is 2. The van der Waals surface area contributed by atoms with E-state index in [2.05, 4.69) is 34.3 Å². The van der Waals surface area contributed by atoms with Gasteiger partial charge in [-0.05, 0) is 61.1 Å². The number of carbonyl (C=O) groups excluding carboxylic acids is 1. The number of rotatable bonds is 8. The molecule has 0 bridgehead atoms. The molecule has 1 fully saturated rings. The molecule has 1 amide bonds. The summed E-state index contributed by atoms with van der Waals surface area (Å²) in [5, 5.41) is 21.9. The summed E-state index contributed by atoms with van der Waals surface area (Å²) in [6.45, 7) is 2.92. The first-order chi connectivity index (χ1) is 19.9. The zero-order valence-electron chi connectivity index (χ0n) is 22.8. The SMILES string of the molecule is CC1CCC(C)C1NC(=O)c1ccccc1-n1cnc(Cn2nc(-c3ccc(Cl)cc3)n(C[C@H](O)C(F)(F)F)c2=O)n1. The number of nitrogens with one attached hydrogen (secondary N) is 1. The molecule has 0 saturated heterocycles. The van der Waals surface area contributed by atoms with E-state index in [4.69, 9.17) is 11.6 Å². The van der Waals surface area contributed by atoms with Crippen molar-refractivity contribution in [2.24, 2.45) is 11.8 Å². The second-order valence-corrected chi connectivity index (χ2v) is 11.0. The summed E-state index contributed by atoms with van der Waals surface area (Å²) < 4.78 is 42.5. The van der Waals surface area contributed by atoms with Crippen molar-refractivity contribution in [1.82, 2.24) is 34.4 Å². The third-order valence-corrected chi connectivity index (χ3v) is 7.84. The van der Waals surface area contributed by atoms with Gasteiger partial charge in [0.2, 0.25) is 0 Å². The summed E-state index contributed by atoms with van der Waals surface area (Å²) in [4.78, 5) is 30.7. The molecule has 2 aromatic carbocycles. The lowest BCUT2D eigenvalue weighted by Gasteiger charge is -2.22. The number of hydrogen-bond donors (Lipinski definition) is 2. The van der Waals surface area contributed by atoms with Crippen LogP contribution in [0.3, 0.4) is 0 Å². The van der Waals surface area contributed by atoms with E-state index in [0.717, 1.165) is 22.1 Å². The van der Waals surface area contributed by atoms with Crippen molar-refractivity contribution in [3.05, 3.63) is 81.8 Å². The number of alkyl halides is 3. The number of aliphatic hydroxyl groups excluding tert-OH is 1. The fourth-order valence-corrected chi connectivity index (χ4v) is 5.37. The lowest BCUT2D eigenvalue weighted by molar-refractivity contribution is -0.207. The Morgan fingerprint density at radius 2 is 1.76 bits per heavy atom. The molecule has 5 rings (SSSR count). The van der Waals surface area contributed by atoms with Crippen LogP contribution in [0.5, 0.6) is 0 Å². The van der Waals surface area contributed by atoms with Gasteiger partial charge in [-0.3, -0.25) is 9.36 Å². The smallest absolute Gasteiger partial charge is 0.382 e. The topological polar surface area (TPSA) is 120 Å². The predicted octanol–water partition coefficient (Wildman–Crippen LogP) is 4.08. The van der Waals surface area contributed by atoms with Gasteiger partial charge in [0.25, 0.3) is 5.91 Å². The Kier molecular flexibility index (Phi) is 8.24. The largest absolute Gasteiger partial charge is 0.416 e. The molecule has 42 heavy (non-hydrogen) atoms. The third kappa shape index (κ3) is 6.12. The van der Waals surface area contributed by atoms with Crippen LogP contribution in [0.15, 0.2) is 59.7 Å². The van der Waals surface area contributed by atoms with E-state index in [1.807, 2.05) is 0 Å². The zero-order valence-corrected chi connectivity index (χ0v) is 23.5. The normalized spacial score (nSPS) is 19.6. The van der Waals surface area contributed by atoms with E-state index in [1.54, 1.807) is 24.3 Å². The van der Waals surface area contributed by atoms with Crippen LogP contribution in [0.1, 0.15) is 42.9 Å². The number of carbonyl (C=O) groups is 1. The first-order valence-corrected chi connectivity index (χ1v) is 13.8. The molecule has 2 heterocycles. The van der Waals surface area contributed by atoms with Gasteiger partial charge in [-0.15, -0.1) is 10.2 Å². The van der Waals surface area contributed by atoms with Crippen LogP contribution in [0.25, 0.3) is 17.1 Å². The van der Waals surface area contributed by atoms with E-state index in [0.29, 0.717) is 33.7 Å². The summed E-state index contributed by atoms with van der Waals surface area (Å²) in [5.41, 5.74) is 0.307. The Morgan fingerprint density at radius 3 is 2.43 bits per heavy atom. The van der Waals surface area contributed by atoms with E-state index < -0.39 is 24.5 Å². The van der Waals surface area contributed by atoms with E-state index in [9.17, 15) is 27.9 Å². The molecule has 0 spiro atoms. The van der Waals surface area contributed by atoms with Crippen LogP contribution >= 0.6 is 11.6 Å². The minimum Gasteiger partial charge on any atom is -0.382 e. The number of aliphatic hydroxyl groups is 1. The van der Waals surface area contributed by atoms with Crippen molar-refractivity contribution in [2.45, 2.75) is 58.1 Å². The van der Waals surface area contributed by atoms with Crippen molar-refractivity contribution in [1.29, 1.82) is 0 Å². The molecule has 1 saturated carbocycles. The van der Waals surface area contributed by atoms with Crippen LogP contribution in [0.2, 0.25) is 5.02 Å². The Balaban J connectivity index is 1.43. The number of nitrogens with zero attached hydrogens (tertiary/aromatic N) is 6. The molecule has 4 aromatic rings. The number of halogens is 4. The minimum atomic E-state index is -4.94. The van der Waals surface area contributed by atoms with Gasteiger partial charge >= 0.3 is 11.9 Å². The van der Waals surface area contributed by atoms with Crippen molar-refractivity contribution in [3.8, 4) is 17.1 Å². The number of amides is 1. The molecule has 14 heteroatoms. The highest BCUT2D eigenvalue weighted by Crippen LogP contribution is 2.31. The van der Waals surface area contributed by atoms with Crippen molar-refractivity contribution in [3.63, 3.8) is 0 Å². The molecule has 10 nitrogen and oxygen atoms in total. The molecule has 1 aliphatic rings. The monoisotopic (exact) mass is 603 g/mol. The quantitative estimate of drug-likeness (QED) is 0.313. The maximum Gasteiger partial charge on any atom is 0.416 e. The van der Waals surface area contributed by atoms with Crippen molar-refractivity contribution < 1.29 is 23.1 Å². The third-order valence-electron chi connectivity index (χ3n) is 7.59. The summed E-state index contributed by atoms with van der Waals surface area (Å²) >= 11 is 5.94. The fraction of sp³-hybridized carbons (Fsp3) is 0.393. The van der Waals surface area contributed by atoms with Crippen LogP contribution in [0, 0.1) is 11.8 Å². The van der Waals surface area contributed by atoms with Gasteiger partial charge in [0.05, 0.1) is 17.8 Å². The molecule has 2 unspecified atom stereocenters. The number of para-hydroxylation sites is 1. The Hall–Kier alpha value is -3.97. The molecule has 0 radical (unpaired) electrons. The van der Waals surface area contributed by atoms with Gasteiger partial charge in [0, 0.05) is 16.6 Å². The van der Waals surface area contributed by atoms with Crippen LogP contribution in [-0.4, -0.2) is 58.4 Å². The lowest BCUT2D eigenvalue weighted by atomic mass is 10.00. The second kappa shape index (κ2) is 11.7. The Labute approximate surface area is 243 Å². The van der Waals surface area contributed by atoms with Crippen LogP contribution < -0.4 is 11.0 Å². The van der Waals surface area contributed by atoms with Gasteiger partial charge in [-0.1, -0.05) is 37.6 Å². The molecular weight excluding hydrogens is 575 g/mol. The standard InChI is InChI=1S/C28H29ClF3N7O3/c1-16-7-8-17(2)24(16)34-26(41)20-5-3-4-6-21(20)39-15-33-23(35-39)14-38-27(42)37(13-22(40)28(30,31)32)25(36-38)18-9-11-19(29)12-10-18/h3-6,9-12,15-17,22,24,40H,7-8,13-14H2,1-2H3,(H,34,41)/t16?,17?,22-,24?/m0/s1. The highest BCUT2D eigenvalue weighted by atomic mass is 35.5. The van der Waals surface area contributed by atoms with Crippen LogP contribution in [-0.2, 0) is 13.1 Å². The average Bonchev–Trinajstić information content (AvgIpc) is 3.63.